The van der Waals surface area contributed by atoms with Crippen LogP contribution in [0, 0.1) is 0 Å². The molecule has 1 aromatic heterocycles. The van der Waals surface area contributed by atoms with E-state index >= 15 is 0 Å². The van der Waals surface area contributed by atoms with Crippen LogP contribution < -0.4 is 20.5 Å². The molecule has 0 saturated carbocycles. The number of ether oxygens (including phenoxy) is 1. The summed E-state index contributed by atoms with van der Waals surface area (Å²) >= 11 is 6.73. The Morgan fingerprint density at radius 1 is 1.06 bits per heavy atom. The van der Waals surface area contributed by atoms with Gasteiger partial charge in [-0.05, 0) is 54.4 Å². The van der Waals surface area contributed by atoms with Crippen molar-refractivity contribution in [2.75, 3.05) is 10.7 Å². The second kappa shape index (κ2) is 13.6. The molecule has 5 rings (SSSR count). The molecule has 0 aliphatic carbocycles. The van der Waals surface area contributed by atoms with Gasteiger partial charge in [-0.3, -0.25) is 15.1 Å². The van der Waals surface area contributed by atoms with Crippen LogP contribution in [0.3, 0.4) is 0 Å². The Bertz CT molecular complexity index is 1800. The highest BCUT2D eigenvalue weighted by Crippen LogP contribution is 2.40. The molecule has 10 nitrogen and oxygen atoms in total. The molecule has 0 spiro atoms. The van der Waals surface area contributed by atoms with Gasteiger partial charge >= 0.3 is 18.6 Å². The molecule has 1 aliphatic heterocycles. The molecule has 1 atom stereocenters. The Kier molecular flexibility index (Phi) is 9.78. The van der Waals surface area contributed by atoms with Gasteiger partial charge in [0.05, 0.1) is 28.7 Å². The number of amides is 3. The highest BCUT2D eigenvalue weighted by atomic mass is 35.5. The largest absolute Gasteiger partial charge is 0.573 e. The molecule has 18 heteroatoms. The normalized spacial score (nSPS) is 15.3. The van der Waals surface area contributed by atoms with Crippen LogP contribution in [0.4, 0.5) is 36.8 Å². The number of rotatable bonds is 8. The van der Waals surface area contributed by atoms with Crippen molar-refractivity contribution in [1.29, 1.82) is 0 Å². The van der Waals surface area contributed by atoms with E-state index in [1.165, 1.54) is 23.1 Å². The second-order valence-corrected chi connectivity index (χ2v) is 11.2. The smallest absolute Gasteiger partial charge is 0.406 e. The number of urea groups is 1. The van der Waals surface area contributed by atoms with Crippen molar-refractivity contribution in [3.8, 4) is 22.8 Å². The first-order chi connectivity index (χ1) is 22.2. The molecule has 3 aromatic carbocycles. The molecule has 47 heavy (non-hydrogen) atoms. The van der Waals surface area contributed by atoms with E-state index in [-0.39, 0.29) is 21.7 Å². The number of anilines is 1. The van der Waals surface area contributed by atoms with Crippen molar-refractivity contribution in [1.82, 2.24) is 25.6 Å². The minimum atomic E-state index is -4.80. The first-order valence-corrected chi connectivity index (χ1v) is 14.9. The summed E-state index contributed by atoms with van der Waals surface area (Å²) in [5, 5.41) is 4.10. The van der Waals surface area contributed by atoms with Crippen LogP contribution >= 0.6 is 23.4 Å². The van der Waals surface area contributed by atoms with Crippen molar-refractivity contribution >= 4 is 46.2 Å². The van der Waals surface area contributed by atoms with Gasteiger partial charge in [-0.2, -0.15) is 18.2 Å². The molecule has 246 valence electrons. The molecule has 1 fully saturated rings. The predicted octanol–water partition coefficient (Wildman–Crippen LogP) is 7.31. The number of nitrogens with zero attached hydrogens (tertiary/aromatic N) is 5. The molecule has 1 saturated heterocycles. The van der Waals surface area contributed by atoms with Crippen LogP contribution in [0.2, 0.25) is 5.02 Å². The van der Waals surface area contributed by atoms with Gasteiger partial charge in [-0.1, -0.05) is 54.6 Å². The van der Waals surface area contributed by atoms with Gasteiger partial charge in [0.15, 0.2) is 11.0 Å². The van der Waals surface area contributed by atoms with Crippen LogP contribution in [0.5, 0.6) is 5.75 Å². The number of halogens is 7. The highest BCUT2D eigenvalue weighted by Gasteiger charge is 2.40. The van der Waals surface area contributed by atoms with Crippen molar-refractivity contribution in [2.24, 2.45) is 4.99 Å². The van der Waals surface area contributed by atoms with Crippen LogP contribution in [0.15, 0.2) is 78.0 Å². The van der Waals surface area contributed by atoms with E-state index in [1.807, 2.05) is 6.92 Å². The number of alkyl halides is 6. The number of nitrogens with one attached hydrogen (secondary N) is 2. The number of aromatic nitrogens is 3. The average Bonchev–Trinajstić information content (AvgIpc) is 3.64. The van der Waals surface area contributed by atoms with Gasteiger partial charge < -0.3 is 4.74 Å². The number of carbonyl (C=O) groups is 2. The fraction of sp³-hybridized carbons (Fsp3) is 0.207. The van der Waals surface area contributed by atoms with Crippen molar-refractivity contribution in [3.05, 3.63) is 89.2 Å². The van der Waals surface area contributed by atoms with E-state index in [0.717, 1.165) is 52.6 Å². The minimum absolute atomic E-state index is 0.0303. The summed E-state index contributed by atoms with van der Waals surface area (Å²) in [6, 6.07) is 13.6. The Morgan fingerprint density at radius 2 is 1.77 bits per heavy atom. The lowest BCUT2D eigenvalue weighted by Gasteiger charge is -2.21. The number of aliphatic imine (C=N–C) groups is 1. The molecule has 2 N–H and O–H groups in total. The Hall–Kier alpha value is -4.61. The van der Waals surface area contributed by atoms with Crippen molar-refractivity contribution < 1.29 is 40.7 Å². The lowest BCUT2D eigenvalue weighted by molar-refractivity contribution is -0.274. The third-order valence-corrected chi connectivity index (χ3v) is 7.79. The fourth-order valence-corrected chi connectivity index (χ4v) is 5.51. The summed E-state index contributed by atoms with van der Waals surface area (Å²) in [6.45, 7) is 1.85. The van der Waals surface area contributed by atoms with Gasteiger partial charge in [-0.25, -0.2) is 19.9 Å². The summed E-state index contributed by atoms with van der Waals surface area (Å²) in [5.74, 6) is -0.935. The number of benzene rings is 3. The molecule has 2 heterocycles. The van der Waals surface area contributed by atoms with E-state index in [0.29, 0.717) is 23.5 Å². The number of amidine groups is 1. The van der Waals surface area contributed by atoms with E-state index < -0.39 is 41.8 Å². The summed E-state index contributed by atoms with van der Waals surface area (Å²) in [6.07, 6.45) is -7.67. The molecular formula is C29H22ClF6N7O3S. The summed E-state index contributed by atoms with van der Waals surface area (Å²) in [4.78, 5) is 34.0. The lowest BCUT2D eigenvalue weighted by Crippen LogP contribution is -2.39. The SMILES string of the molecule is CCC(NNC(=O)/N=C1\SCC(=O)N1c1cc(Cl)ccc1C(F)(F)F)c1ccc(-c2ncn(-c3ccc(OC(F)(F)F)cc3)n2)cc1. The molecular weight excluding hydrogens is 676 g/mol. The maximum atomic E-state index is 13.6. The molecule has 1 unspecified atom stereocenters. The maximum Gasteiger partial charge on any atom is 0.573 e. The zero-order valence-corrected chi connectivity index (χ0v) is 25.5. The van der Waals surface area contributed by atoms with Gasteiger partial charge in [0.1, 0.15) is 12.1 Å². The highest BCUT2D eigenvalue weighted by molar-refractivity contribution is 8.15. The van der Waals surface area contributed by atoms with Crippen LogP contribution in [-0.4, -0.2) is 44.0 Å². The third-order valence-electron chi connectivity index (χ3n) is 6.63. The number of hydrogen-bond donors (Lipinski definition) is 2. The number of hydrazine groups is 1. The van der Waals surface area contributed by atoms with Gasteiger partial charge in [0.25, 0.3) is 0 Å². The summed E-state index contributed by atoms with van der Waals surface area (Å²) in [7, 11) is 0. The molecule has 4 aromatic rings. The van der Waals surface area contributed by atoms with Crippen molar-refractivity contribution in [2.45, 2.75) is 31.9 Å². The Labute approximate surface area is 271 Å². The fourth-order valence-electron chi connectivity index (χ4n) is 4.48. The number of carbonyl (C=O) groups excluding carboxylic acids is 2. The zero-order chi connectivity index (χ0) is 33.9. The Balaban J connectivity index is 1.24. The summed E-state index contributed by atoms with van der Waals surface area (Å²) < 4.78 is 83.5. The number of hydrogen-bond acceptors (Lipinski definition) is 7. The monoisotopic (exact) mass is 697 g/mol. The van der Waals surface area contributed by atoms with Crippen LogP contribution in [-0.2, 0) is 11.0 Å². The molecule has 1 aliphatic rings. The minimum Gasteiger partial charge on any atom is -0.406 e. The first-order valence-electron chi connectivity index (χ1n) is 13.6. The third kappa shape index (κ3) is 8.22. The summed E-state index contributed by atoms with van der Waals surface area (Å²) in [5.41, 5.74) is 5.47. The van der Waals surface area contributed by atoms with E-state index in [1.54, 1.807) is 24.3 Å². The van der Waals surface area contributed by atoms with Gasteiger partial charge in [-0.15, -0.1) is 18.3 Å². The van der Waals surface area contributed by atoms with Crippen LogP contribution in [0.25, 0.3) is 17.1 Å². The van der Waals surface area contributed by atoms with Crippen LogP contribution in [0.1, 0.15) is 30.5 Å². The van der Waals surface area contributed by atoms with E-state index in [4.69, 9.17) is 11.6 Å². The number of thioether (sulfide) groups is 1. The average molecular weight is 698 g/mol. The molecule has 0 bridgehead atoms. The lowest BCUT2D eigenvalue weighted by atomic mass is 10.0. The van der Waals surface area contributed by atoms with Gasteiger partial charge in [0.2, 0.25) is 5.91 Å². The van der Waals surface area contributed by atoms with E-state index in [2.05, 4.69) is 30.7 Å². The molecule has 3 amide bonds. The predicted molar refractivity (Wildman–Crippen MR) is 162 cm³/mol. The Morgan fingerprint density at radius 3 is 2.40 bits per heavy atom. The van der Waals surface area contributed by atoms with Crippen molar-refractivity contribution in [3.63, 3.8) is 0 Å². The quantitative estimate of drug-likeness (QED) is 0.147. The first kappa shape index (κ1) is 33.7. The van der Waals surface area contributed by atoms with Gasteiger partial charge in [0, 0.05) is 10.6 Å². The standard InChI is InChI=1S/C29H22ClF6N7O3S/c1-2-22(39-40-26(45)38-27-43(24(44)14-47-27)23-13-18(30)7-12-21(23)28(31,32)33)16-3-5-17(6-4-16)25-37-15-42(41-25)19-8-10-20(11-9-19)46-29(34,35)36/h3-13,15,22,39H,2,14H2,1H3,(H,40,45)/b38-27-. The second-order valence-electron chi connectivity index (χ2n) is 9.78. The zero-order valence-electron chi connectivity index (χ0n) is 23.9. The molecule has 0 radical (unpaired) electrons. The maximum absolute atomic E-state index is 13.6. The van der Waals surface area contributed by atoms with E-state index in [9.17, 15) is 35.9 Å². The topological polar surface area (TPSA) is 114 Å².